The SMILES string of the molecule is CC(C)N(CCO)S(=O)(=O)c1cccc2cnccc12. The summed E-state index contributed by atoms with van der Waals surface area (Å²) in [5, 5.41) is 10.5. The number of hydrogen-bond acceptors (Lipinski definition) is 4. The lowest BCUT2D eigenvalue weighted by Crippen LogP contribution is -2.39. The highest BCUT2D eigenvalue weighted by Gasteiger charge is 2.27. The summed E-state index contributed by atoms with van der Waals surface area (Å²) in [6.45, 7) is 3.46. The summed E-state index contributed by atoms with van der Waals surface area (Å²) >= 11 is 0. The number of pyridine rings is 1. The van der Waals surface area contributed by atoms with Gasteiger partial charge in [-0.05, 0) is 26.0 Å². The van der Waals surface area contributed by atoms with E-state index in [9.17, 15) is 8.42 Å². The number of hydrogen-bond donors (Lipinski definition) is 1. The second-order valence-electron chi connectivity index (χ2n) is 4.79. The van der Waals surface area contributed by atoms with Gasteiger partial charge in [-0.25, -0.2) is 8.42 Å². The molecule has 0 bridgehead atoms. The summed E-state index contributed by atoms with van der Waals surface area (Å²) in [5.41, 5.74) is 0. The van der Waals surface area contributed by atoms with E-state index in [2.05, 4.69) is 4.98 Å². The fraction of sp³-hybridized carbons (Fsp3) is 0.357. The predicted octanol–water partition coefficient (Wildman–Crippen LogP) is 1.63. The van der Waals surface area contributed by atoms with Crippen LogP contribution in [0, 0.1) is 0 Å². The molecule has 108 valence electrons. The van der Waals surface area contributed by atoms with E-state index in [0.29, 0.717) is 5.39 Å². The maximum absolute atomic E-state index is 12.8. The van der Waals surface area contributed by atoms with Gasteiger partial charge < -0.3 is 5.11 Å². The molecule has 1 aromatic carbocycles. The van der Waals surface area contributed by atoms with Crippen molar-refractivity contribution in [2.45, 2.75) is 24.8 Å². The van der Waals surface area contributed by atoms with Crippen molar-refractivity contribution in [1.29, 1.82) is 0 Å². The molecule has 0 aliphatic carbocycles. The van der Waals surface area contributed by atoms with Crippen LogP contribution in [0.1, 0.15) is 13.8 Å². The van der Waals surface area contributed by atoms with Crippen LogP contribution in [0.15, 0.2) is 41.6 Å². The van der Waals surface area contributed by atoms with Gasteiger partial charge in [0.25, 0.3) is 0 Å². The number of nitrogens with zero attached hydrogens (tertiary/aromatic N) is 2. The van der Waals surface area contributed by atoms with Gasteiger partial charge in [0.05, 0.1) is 11.5 Å². The predicted molar refractivity (Wildman–Crippen MR) is 77.9 cm³/mol. The summed E-state index contributed by atoms with van der Waals surface area (Å²) in [7, 11) is -3.64. The summed E-state index contributed by atoms with van der Waals surface area (Å²) in [6.07, 6.45) is 3.22. The zero-order chi connectivity index (χ0) is 14.8. The van der Waals surface area contributed by atoms with Gasteiger partial charge in [0.15, 0.2) is 0 Å². The fourth-order valence-electron chi connectivity index (χ4n) is 2.20. The van der Waals surface area contributed by atoms with Crippen LogP contribution < -0.4 is 0 Å². The highest BCUT2D eigenvalue weighted by Crippen LogP contribution is 2.26. The lowest BCUT2D eigenvalue weighted by molar-refractivity contribution is 0.236. The van der Waals surface area contributed by atoms with Gasteiger partial charge in [0, 0.05) is 35.8 Å². The molecule has 0 spiro atoms. The molecule has 2 aromatic rings. The molecule has 20 heavy (non-hydrogen) atoms. The van der Waals surface area contributed by atoms with Crippen molar-refractivity contribution < 1.29 is 13.5 Å². The molecule has 0 unspecified atom stereocenters. The van der Waals surface area contributed by atoms with Crippen LogP contribution in [-0.2, 0) is 10.0 Å². The van der Waals surface area contributed by atoms with E-state index in [0.717, 1.165) is 5.39 Å². The molecule has 0 saturated heterocycles. The van der Waals surface area contributed by atoms with E-state index in [1.807, 2.05) is 6.07 Å². The molecule has 0 amide bonds. The van der Waals surface area contributed by atoms with Crippen LogP contribution in [0.4, 0.5) is 0 Å². The van der Waals surface area contributed by atoms with Crippen LogP contribution in [0.5, 0.6) is 0 Å². The third-order valence-electron chi connectivity index (χ3n) is 3.12. The van der Waals surface area contributed by atoms with Crippen molar-refractivity contribution in [3.63, 3.8) is 0 Å². The van der Waals surface area contributed by atoms with Crippen LogP contribution in [0.3, 0.4) is 0 Å². The molecule has 0 aliphatic heterocycles. The Hall–Kier alpha value is -1.50. The van der Waals surface area contributed by atoms with E-state index < -0.39 is 10.0 Å². The van der Waals surface area contributed by atoms with Crippen LogP contribution in [0.25, 0.3) is 10.8 Å². The smallest absolute Gasteiger partial charge is 0.244 e. The zero-order valence-electron chi connectivity index (χ0n) is 11.5. The number of benzene rings is 1. The molecule has 0 fully saturated rings. The maximum Gasteiger partial charge on any atom is 0.244 e. The van der Waals surface area contributed by atoms with Crippen molar-refractivity contribution in [1.82, 2.24) is 9.29 Å². The quantitative estimate of drug-likeness (QED) is 0.910. The number of fused-ring (bicyclic) bond motifs is 1. The van der Waals surface area contributed by atoms with Crippen LogP contribution in [-0.4, -0.2) is 42.0 Å². The highest BCUT2D eigenvalue weighted by atomic mass is 32.2. The lowest BCUT2D eigenvalue weighted by Gasteiger charge is -2.25. The number of aliphatic hydroxyl groups is 1. The first-order valence-corrected chi connectivity index (χ1v) is 7.88. The number of aromatic nitrogens is 1. The van der Waals surface area contributed by atoms with Crippen LogP contribution in [0.2, 0.25) is 0 Å². The molecule has 2 rings (SSSR count). The summed E-state index contributed by atoms with van der Waals surface area (Å²) in [5.74, 6) is 0. The lowest BCUT2D eigenvalue weighted by atomic mass is 10.2. The van der Waals surface area contributed by atoms with Gasteiger partial charge in [-0.3, -0.25) is 4.98 Å². The monoisotopic (exact) mass is 294 g/mol. The molecule has 6 heteroatoms. The second-order valence-corrected chi connectivity index (χ2v) is 6.65. The normalized spacial score (nSPS) is 12.4. The van der Waals surface area contributed by atoms with E-state index >= 15 is 0 Å². The minimum atomic E-state index is -3.64. The van der Waals surface area contributed by atoms with Gasteiger partial charge in [0.2, 0.25) is 10.0 Å². The second kappa shape index (κ2) is 5.87. The Morgan fingerprint density at radius 3 is 2.70 bits per heavy atom. The zero-order valence-corrected chi connectivity index (χ0v) is 12.3. The van der Waals surface area contributed by atoms with Crippen LogP contribution >= 0.6 is 0 Å². The van der Waals surface area contributed by atoms with E-state index in [1.54, 1.807) is 44.4 Å². The number of sulfonamides is 1. The van der Waals surface area contributed by atoms with Gasteiger partial charge >= 0.3 is 0 Å². The van der Waals surface area contributed by atoms with Crippen molar-refractivity contribution >= 4 is 20.8 Å². The molecular formula is C14H18N2O3S. The number of rotatable bonds is 5. The third-order valence-corrected chi connectivity index (χ3v) is 5.26. The largest absolute Gasteiger partial charge is 0.395 e. The summed E-state index contributed by atoms with van der Waals surface area (Å²) in [4.78, 5) is 4.25. The summed E-state index contributed by atoms with van der Waals surface area (Å²) < 4.78 is 26.9. The molecule has 5 nitrogen and oxygen atoms in total. The first-order chi connectivity index (χ1) is 9.48. The topological polar surface area (TPSA) is 70.5 Å². The van der Waals surface area contributed by atoms with E-state index in [4.69, 9.17) is 5.11 Å². The summed E-state index contributed by atoms with van der Waals surface area (Å²) in [6, 6.07) is 6.59. The van der Waals surface area contributed by atoms with Gasteiger partial charge in [0.1, 0.15) is 0 Å². The van der Waals surface area contributed by atoms with Crippen molar-refractivity contribution in [2.75, 3.05) is 13.2 Å². The van der Waals surface area contributed by atoms with Gasteiger partial charge in [-0.1, -0.05) is 12.1 Å². The maximum atomic E-state index is 12.8. The molecule has 0 radical (unpaired) electrons. The minimum Gasteiger partial charge on any atom is -0.395 e. The molecule has 0 aliphatic rings. The Balaban J connectivity index is 2.62. The first kappa shape index (κ1) is 14.9. The standard InChI is InChI=1S/C14H18N2O3S/c1-11(2)16(8-9-17)20(18,19)14-5-3-4-12-10-15-7-6-13(12)14/h3-7,10-11,17H,8-9H2,1-2H3. The fourth-order valence-corrected chi connectivity index (χ4v) is 4.04. The van der Waals surface area contributed by atoms with Crippen molar-refractivity contribution in [3.8, 4) is 0 Å². The Bertz CT molecular complexity index is 693. The van der Waals surface area contributed by atoms with E-state index in [-0.39, 0.29) is 24.1 Å². The Morgan fingerprint density at radius 2 is 2.05 bits per heavy atom. The van der Waals surface area contributed by atoms with E-state index in [1.165, 1.54) is 4.31 Å². The number of aliphatic hydroxyl groups excluding tert-OH is 1. The minimum absolute atomic E-state index is 0.0848. The Labute approximate surface area is 118 Å². The Morgan fingerprint density at radius 1 is 1.30 bits per heavy atom. The molecule has 0 atom stereocenters. The third kappa shape index (κ3) is 2.67. The van der Waals surface area contributed by atoms with Gasteiger partial charge in [-0.2, -0.15) is 4.31 Å². The first-order valence-electron chi connectivity index (χ1n) is 6.44. The molecule has 1 heterocycles. The Kier molecular flexibility index (Phi) is 4.37. The molecule has 1 N–H and O–H groups in total. The highest BCUT2D eigenvalue weighted by molar-refractivity contribution is 7.89. The van der Waals surface area contributed by atoms with Crippen molar-refractivity contribution in [3.05, 3.63) is 36.7 Å². The van der Waals surface area contributed by atoms with Gasteiger partial charge in [-0.15, -0.1) is 0 Å². The average molecular weight is 294 g/mol. The molecule has 0 saturated carbocycles. The molecular weight excluding hydrogens is 276 g/mol. The van der Waals surface area contributed by atoms with Crippen molar-refractivity contribution in [2.24, 2.45) is 0 Å². The molecule has 1 aromatic heterocycles. The average Bonchev–Trinajstić information content (AvgIpc) is 2.43.